The van der Waals surface area contributed by atoms with Crippen LogP contribution in [0, 0.1) is 0 Å². The van der Waals surface area contributed by atoms with E-state index in [2.05, 4.69) is 50.3 Å². The molecule has 8 nitrogen and oxygen atoms in total. The highest BCUT2D eigenvalue weighted by molar-refractivity contribution is 7.47. The highest BCUT2D eigenvalue weighted by Gasteiger charge is 2.25. The van der Waals surface area contributed by atoms with Crippen LogP contribution >= 0.6 is 7.82 Å². The first kappa shape index (κ1) is 54.7. The number of carbonyl (C=O) groups excluding carboxylic acids is 1. The molecular weight excluding hydrogens is 721 g/mol. The van der Waals surface area contributed by atoms with E-state index in [0.29, 0.717) is 6.61 Å². The zero-order chi connectivity index (χ0) is 40.9. The Morgan fingerprint density at radius 1 is 0.554 bits per heavy atom. The van der Waals surface area contributed by atoms with Crippen LogP contribution in [0.4, 0.5) is 0 Å². The van der Waals surface area contributed by atoms with Crippen molar-refractivity contribution in [3.63, 3.8) is 0 Å². The molecule has 2 unspecified atom stereocenters. The van der Waals surface area contributed by atoms with Gasteiger partial charge in [-0.25, -0.2) is 4.57 Å². The summed E-state index contributed by atoms with van der Waals surface area (Å²) in [5.74, 6) is -0.356. The fourth-order valence-electron chi connectivity index (χ4n) is 6.66. The molecule has 0 aliphatic rings. The predicted molar refractivity (Wildman–Crippen MR) is 238 cm³/mol. The first-order chi connectivity index (χ1) is 27.4. The second kappa shape index (κ2) is 44.8. The lowest BCUT2D eigenvalue weighted by Gasteiger charge is -2.20. The van der Waals surface area contributed by atoms with Gasteiger partial charge in [0.25, 0.3) is 0 Å². The number of allylic oxidation sites excluding steroid dienone is 6. The molecule has 330 valence electrons. The molecule has 0 bridgehead atoms. The van der Waals surface area contributed by atoms with Gasteiger partial charge in [-0.15, -0.1) is 0 Å². The second-order valence-electron chi connectivity index (χ2n) is 15.6. The Morgan fingerprint density at radius 2 is 1.00 bits per heavy atom. The zero-order valence-electron chi connectivity index (χ0n) is 36.6. The number of nitrogens with two attached hydrogens (primary N) is 1. The Bertz CT molecular complexity index is 957. The Morgan fingerprint density at radius 3 is 1.48 bits per heavy atom. The number of phosphoric acid groups is 1. The molecule has 0 saturated heterocycles. The number of unbranched alkanes of at least 4 members (excludes halogenated alkanes) is 26. The molecule has 0 heterocycles. The largest absolute Gasteiger partial charge is 0.472 e. The van der Waals surface area contributed by atoms with E-state index in [9.17, 15) is 14.3 Å². The van der Waals surface area contributed by atoms with Gasteiger partial charge in [0.1, 0.15) is 6.10 Å². The number of hydrogen-bond acceptors (Lipinski definition) is 7. The van der Waals surface area contributed by atoms with E-state index in [-0.39, 0.29) is 38.8 Å². The summed E-state index contributed by atoms with van der Waals surface area (Å²) in [6.45, 7) is 4.80. The molecule has 0 aromatic carbocycles. The zero-order valence-corrected chi connectivity index (χ0v) is 37.5. The fraction of sp³-hybridized carbons (Fsp3) is 0.851. The maximum Gasteiger partial charge on any atom is 0.472 e. The highest BCUT2D eigenvalue weighted by Crippen LogP contribution is 2.43. The van der Waals surface area contributed by atoms with Crippen LogP contribution in [0.1, 0.15) is 219 Å². The number of carbonyl (C=O) groups is 1. The molecule has 0 aromatic rings. The minimum atomic E-state index is -4.28. The normalized spacial score (nSPS) is 13.7. The lowest BCUT2D eigenvalue weighted by Crippen LogP contribution is -2.28. The van der Waals surface area contributed by atoms with Crippen LogP contribution in [0.15, 0.2) is 36.5 Å². The summed E-state index contributed by atoms with van der Waals surface area (Å²) in [5, 5.41) is 0. The van der Waals surface area contributed by atoms with Crippen LogP contribution in [0.3, 0.4) is 0 Å². The van der Waals surface area contributed by atoms with Gasteiger partial charge in [-0.2, -0.15) is 0 Å². The van der Waals surface area contributed by atoms with Crippen LogP contribution in [0.25, 0.3) is 0 Å². The van der Waals surface area contributed by atoms with E-state index in [0.717, 1.165) is 57.8 Å². The van der Waals surface area contributed by atoms with Crippen LogP contribution < -0.4 is 5.73 Å². The van der Waals surface area contributed by atoms with Gasteiger partial charge in [-0.05, 0) is 44.9 Å². The molecule has 0 aliphatic carbocycles. The van der Waals surface area contributed by atoms with Gasteiger partial charge in [0.15, 0.2) is 0 Å². The van der Waals surface area contributed by atoms with Gasteiger partial charge < -0.3 is 20.1 Å². The summed E-state index contributed by atoms with van der Waals surface area (Å²) in [4.78, 5) is 22.5. The first-order valence-corrected chi connectivity index (χ1v) is 25.0. The number of esters is 1. The minimum Gasteiger partial charge on any atom is -0.457 e. The van der Waals surface area contributed by atoms with Crippen LogP contribution in [-0.4, -0.2) is 49.9 Å². The molecule has 0 fully saturated rings. The average molecular weight is 812 g/mol. The third kappa shape index (κ3) is 43.8. The maximum atomic E-state index is 12.6. The molecular formula is C47H90NO7P. The standard InChI is InChI=1S/C47H90NO7P/c1-3-5-7-9-11-13-15-17-18-19-20-21-22-23-24-25-26-27-29-31-33-35-37-39-42-52-44-46(45-54-56(50,51)53-43-41-48)55-47(49)40-38-36-34-32-30-28-16-14-12-10-8-6-4-2/h6,8,12,14,28,30,46H,3-5,7,9-11,13,15-27,29,31-45,48H2,1-2H3,(H,50,51)/b8-6-,14-12-,30-28-. The smallest absolute Gasteiger partial charge is 0.457 e. The van der Waals surface area contributed by atoms with Gasteiger partial charge in [0.05, 0.1) is 19.8 Å². The van der Waals surface area contributed by atoms with E-state index in [1.165, 1.54) is 141 Å². The predicted octanol–water partition coefficient (Wildman–Crippen LogP) is 14.2. The second-order valence-corrected chi connectivity index (χ2v) is 17.1. The molecule has 0 amide bonds. The molecule has 9 heteroatoms. The Balaban J connectivity index is 3.90. The van der Waals surface area contributed by atoms with Gasteiger partial charge in [0.2, 0.25) is 0 Å². The van der Waals surface area contributed by atoms with Gasteiger partial charge in [-0.1, -0.05) is 204 Å². The molecule has 3 N–H and O–H groups in total. The third-order valence-corrected chi connectivity index (χ3v) is 11.1. The molecule has 0 saturated carbocycles. The van der Waals surface area contributed by atoms with E-state index in [1.54, 1.807) is 0 Å². The fourth-order valence-corrected chi connectivity index (χ4v) is 7.43. The minimum absolute atomic E-state index is 0.0960. The van der Waals surface area contributed by atoms with Crippen molar-refractivity contribution in [2.24, 2.45) is 5.73 Å². The van der Waals surface area contributed by atoms with Crippen molar-refractivity contribution in [1.29, 1.82) is 0 Å². The number of phosphoric ester groups is 1. The average Bonchev–Trinajstić information content (AvgIpc) is 3.19. The summed E-state index contributed by atoms with van der Waals surface area (Å²) < 4.78 is 33.4. The highest BCUT2D eigenvalue weighted by atomic mass is 31.2. The molecule has 0 spiro atoms. The quantitative estimate of drug-likeness (QED) is 0.0270. The third-order valence-electron chi connectivity index (χ3n) is 10.1. The van der Waals surface area contributed by atoms with Crippen molar-refractivity contribution in [2.45, 2.75) is 225 Å². The van der Waals surface area contributed by atoms with Crippen molar-refractivity contribution in [3.8, 4) is 0 Å². The van der Waals surface area contributed by atoms with Crippen molar-refractivity contribution in [2.75, 3.05) is 33.0 Å². The van der Waals surface area contributed by atoms with E-state index in [1.807, 2.05) is 0 Å². The Kier molecular flexibility index (Phi) is 43.8. The topological polar surface area (TPSA) is 117 Å². The molecule has 2 atom stereocenters. The summed E-state index contributed by atoms with van der Waals surface area (Å²) in [7, 11) is -4.28. The SMILES string of the molecule is CC/C=C\C/C=C\C/C=C\CCCCCC(=O)OC(COCCCCCCCCCCCCCCCCCCCCCCCCCC)COP(=O)(O)OCCN. The van der Waals surface area contributed by atoms with Gasteiger partial charge >= 0.3 is 13.8 Å². The molecule has 0 radical (unpaired) electrons. The van der Waals surface area contributed by atoms with E-state index in [4.69, 9.17) is 24.3 Å². The van der Waals surface area contributed by atoms with Crippen LogP contribution in [0.2, 0.25) is 0 Å². The van der Waals surface area contributed by atoms with Crippen molar-refractivity contribution in [3.05, 3.63) is 36.5 Å². The number of hydrogen-bond donors (Lipinski definition) is 2. The Hall–Kier alpha value is -1.28. The van der Waals surface area contributed by atoms with Gasteiger partial charge in [0, 0.05) is 19.6 Å². The van der Waals surface area contributed by atoms with E-state index < -0.39 is 13.9 Å². The van der Waals surface area contributed by atoms with Crippen molar-refractivity contribution < 1.29 is 32.8 Å². The summed E-state index contributed by atoms with van der Waals surface area (Å²) in [6.07, 6.45) is 51.9. The molecule has 56 heavy (non-hydrogen) atoms. The number of ether oxygens (including phenoxy) is 2. The van der Waals surface area contributed by atoms with Gasteiger partial charge in [-0.3, -0.25) is 13.8 Å². The van der Waals surface area contributed by atoms with Crippen molar-refractivity contribution in [1.82, 2.24) is 0 Å². The summed E-state index contributed by atoms with van der Waals surface area (Å²) >= 11 is 0. The van der Waals surface area contributed by atoms with Crippen LogP contribution in [0.5, 0.6) is 0 Å². The first-order valence-electron chi connectivity index (χ1n) is 23.5. The molecule has 0 rings (SSSR count). The van der Waals surface area contributed by atoms with E-state index >= 15 is 0 Å². The Labute approximate surface area is 346 Å². The summed E-state index contributed by atoms with van der Waals surface area (Å²) in [6, 6.07) is 0. The maximum absolute atomic E-state index is 12.6. The summed E-state index contributed by atoms with van der Waals surface area (Å²) in [5.41, 5.74) is 5.37. The molecule has 0 aliphatic heterocycles. The van der Waals surface area contributed by atoms with Crippen molar-refractivity contribution >= 4 is 13.8 Å². The number of rotatable bonds is 45. The monoisotopic (exact) mass is 812 g/mol. The van der Waals surface area contributed by atoms with Crippen LogP contribution in [-0.2, 0) is 27.9 Å². The molecule has 0 aromatic heterocycles. The lowest BCUT2D eigenvalue weighted by molar-refractivity contribution is -0.154. The lowest BCUT2D eigenvalue weighted by atomic mass is 10.0.